The minimum absolute atomic E-state index is 0.109. The highest BCUT2D eigenvalue weighted by molar-refractivity contribution is 6.31. The SMILES string of the molecule is O=Cc1cc(Cl)cc(C=CCNC(=O)OCc2ccccc2)c1O. The summed E-state index contributed by atoms with van der Waals surface area (Å²) in [6.45, 7) is 0.393. The number of rotatable bonds is 6. The van der Waals surface area contributed by atoms with Gasteiger partial charge in [0.15, 0.2) is 6.29 Å². The van der Waals surface area contributed by atoms with Crippen LogP contribution in [0.3, 0.4) is 0 Å². The second-order valence-corrected chi connectivity index (χ2v) is 5.33. The van der Waals surface area contributed by atoms with Gasteiger partial charge in [-0.3, -0.25) is 4.79 Å². The maximum atomic E-state index is 11.6. The summed E-state index contributed by atoms with van der Waals surface area (Å²) < 4.78 is 5.06. The van der Waals surface area contributed by atoms with Crippen molar-refractivity contribution >= 4 is 30.1 Å². The number of aldehydes is 1. The fourth-order valence-electron chi connectivity index (χ4n) is 1.96. The normalized spacial score (nSPS) is 10.5. The van der Waals surface area contributed by atoms with Gasteiger partial charge in [0.1, 0.15) is 12.4 Å². The van der Waals surface area contributed by atoms with Crippen molar-refractivity contribution in [3.05, 3.63) is 70.3 Å². The van der Waals surface area contributed by atoms with E-state index in [0.717, 1.165) is 5.56 Å². The minimum Gasteiger partial charge on any atom is -0.507 e. The molecular formula is C18H16ClNO4. The summed E-state index contributed by atoms with van der Waals surface area (Å²) in [5.41, 5.74) is 1.40. The molecule has 2 rings (SSSR count). The number of halogens is 1. The van der Waals surface area contributed by atoms with Gasteiger partial charge in [-0.15, -0.1) is 0 Å². The van der Waals surface area contributed by atoms with Crippen molar-refractivity contribution < 1.29 is 19.4 Å². The summed E-state index contributed by atoms with van der Waals surface area (Å²) in [4.78, 5) is 22.4. The molecule has 2 aromatic carbocycles. The highest BCUT2D eigenvalue weighted by Gasteiger charge is 2.06. The van der Waals surface area contributed by atoms with Gasteiger partial charge < -0.3 is 15.2 Å². The van der Waals surface area contributed by atoms with Gasteiger partial charge in [0, 0.05) is 17.1 Å². The Hall–Kier alpha value is -2.79. The fourth-order valence-corrected chi connectivity index (χ4v) is 2.20. The summed E-state index contributed by atoms with van der Waals surface area (Å²) >= 11 is 5.87. The summed E-state index contributed by atoms with van der Waals surface area (Å²) in [5.74, 6) is -0.155. The van der Waals surface area contributed by atoms with Crippen molar-refractivity contribution in [2.45, 2.75) is 6.61 Å². The van der Waals surface area contributed by atoms with Crippen molar-refractivity contribution in [2.75, 3.05) is 6.54 Å². The molecule has 0 bridgehead atoms. The first-order valence-electron chi connectivity index (χ1n) is 7.19. The molecule has 5 nitrogen and oxygen atoms in total. The third-order valence-corrected chi connectivity index (χ3v) is 3.35. The number of amides is 1. The molecule has 0 aliphatic rings. The Balaban J connectivity index is 1.83. The van der Waals surface area contributed by atoms with Gasteiger partial charge in [0.05, 0.1) is 5.56 Å². The molecule has 0 radical (unpaired) electrons. The lowest BCUT2D eigenvalue weighted by atomic mass is 10.1. The van der Waals surface area contributed by atoms with Crippen molar-refractivity contribution in [3.8, 4) is 5.75 Å². The molecule has 0 saturated carbocycles. The number of alkyl carbamates (subject to hydrolysis) is 1. The van der Waals surface area contributed by atoms with Gasteiger partial charge in [-0.2, -0.15) is 0 Å². The average molecular weight is 346 g/mol. The molecule has 0 aromatic heterocycles. The van der Waals surface area contributed by atoms with Crippen molar-refractivity contribution in [3.63, 3.8) is 0 Å². The number of aromatic hydroxyl groups is 1. The van der Waals surface area contributed by atoms with Crippen LogP contribution in [0.5, 0.6) is 5.75 Å². The molecule has 24 heavy (non-hydrogen) atoms. The molecule has 0 heterocycles. The van der Waals surface area contributed by atoms with Crippen LogP contribution in [0.4, 0.5) is 4.79 Å². The molecule has 1 amide bonds. The summed E-state index contributed by atoms with van der Waals surface area (Å²) in [5, 5.41) is 12.8. The van der Waals surface area contributed by atoms with Crippen LogP contribution in [-0.2, 0) is 11.3 Å². The lowest BCUT2D eigenvalue weighted by Gasteiger charge is -2.06. The maximum Gasteiger partial charge on any atom is 0.407 e. The number of hydrogen-bond donors (Lipinski definition) is 2. The van der Waals surface area contributed by atoms with E-state index in [4.69, 9.17) is 16.3 Å². The van der Waals surface area contributed by atoms with Gasteiger partial charge in [-0.1, -0.05) is 54.1 Å². The Labute approximate surface area is 144 Å². The van der Waals surface area contributed by atoms with E-state index in [9.17, 15) is 14.7 Å². The fraction of sp³-hybridized carbons (Fsp3) is 0.111. The average Bonchev–Trinajstić information content (AvgIpc) is 2.60. The zero-order chi connectivity index (χ0) is 17.4. The first-order chi connectivity index (χ1) is 11.6. The van der Waals surface area contributed by atoms with E-state index in [1.54, 1.807) is 12.2 Å². The van der Waals surface area contributed by atoms with Gasteiger partial charge in [0.25, 0.3) is 0 Å². The predicted molar refractivity (Wildman–Crippen MR) is 92.2 cm³/mol. The highest BCUT2D eigenvalue weighted by Crippen LogP contribution is 2.26. The van der Waals surface area contributed by atoms with Crippen LogP contribution in [-0.4, -0.2) is 24.0 Å². The topological polar surface area (TPSA) is 75.6 Å². The first kappa shape index (κ1) is 17.6. The van der Waals surface area contributed by atoms with E-state index < -0.39 is 6.09 Å². The van der Waals surface area contributed by atoms with E-state index in [1.807, 2.05) is 30.3 Å². The Bertz CT molecular complexity index is 744. The second kappa shape index (κ2) is 8.74. The van der Waals surface area contributed by atoms with E-state index in [-0.39, 0.29) is 24.5 Å². The summed E-state index contributed by atoms with van der Waals surface area (Å²) in [7, 11) is 0. The monoisotopic (exact) mass is 345 g/mol. The van der Waals surface area contributed by atoms with Gasteiger partial charge in [-0.05, 0) is 17.7 Å². The van der Waals surface area contributed by atoms with Gasteiger partial charge in [0.2, 0.25) is 0 Å². The smallest absolute Gasteiger partial charge is 0.407 e. The lowest BCUT2D eigenvalue weighted by Crippen LogP contribution is -2.24. The van der Waals surface area contributed by atoms with Crippen LogP contribution in [0.1, 0.15) is 21.5 Å². The molecule has 0 atom stereocenters. The van der Waals surface area contributed by atoms with Crippen LogP contribution < -0.4 is 5.32 Å². The number of carbonyl (C=O) groups is 2. The summed E-state index contributed by atoms with van der Waals surface area (Å²) in [6, 6.07) is 12.2. The van der Waals surface area contributed by atoms with Crippen LogP contribution in [0.2, 0.25) is 5.02 Å². The number of ether oxygens (including phenoxy) is 1. The third-order valence-electron chi connectivity index (χ3n) is 3.14. The second-order valence-electron chi connectivity index (χ2n) is 4.90. The molecule has 2 aromatic rings. The van der Waals surface area contributed by atoms with Crippen LogP contribution in [0.25, 0.3) is 6.08 Å². The van der Waals surface area contributed by atoms with Crippen LogP contribution >= 0.6 is 11.6 Å². The van der Waals surface area contributed by atoms with Crippen LogP contribution in [0.15, 0.2) is 48.5 Å². The lowest BCUT2D eigenvalue weighted by molar-refractivity contribution is 0.112. The van der Waals surface area contributed by atoms with Crippen molar-refractivity contribution in [2.24, 2.45) is 0 Å². The van der Waals surface area contributed by atoms with Crippen molar-refractivity contribution in [1.29, 1.82) is 0 Å². The Morgan fingerprint density at radius 1 is 1.21 bits per heavy atom. The number of hydrogen-bond acceptors (Lipinski definition) is 4. The van der Waals surface area contributed by atoms with E-state index in [0.29, 0.717) is 16.9 Å². The molecular weight excluding hydrogens is 330 g/mol. The number of phenols is 1. The van der Waals surface area contributed by atoms with Crippen molar-refractivity contribution in [1.82, 2.24) is 5.32 Å². The highest BCUT2D eigenvalue weighted by atomic mass is 35.5. The van der Waals surface area contributed by atoms with Gasteiger partial charge in [-0.25, -0.2) is 4.79 Å². The molecule has 2 N–H and O–H groups in total. The molecule has 0 fully saturated rings. The van der Waals surface area contributed by atoms with E-state index >= 15 is 0 Å². The zero-order valence-corrected chi connectivity index (χ0v) is 13.5. The maximum absolute atomic E-state index is 11.6. The minimum atomic E-state index is -0.549. The predicted octanol–water partition coefficient (Wildman–Crippen LogP) is 3.80. The van der Waals surface area contributed by atoms with E-state index in [2.05, 4.69) is 5.32 Å². The van der Waals surface area contributed by atoms with Crippen LogP contribution in [0, 0.1) is 0 Å². The number of nitrogens with one attached hydrogen (secondary N) is 1. The molecule has 124 valence electrons. The molecule has 0 spiro atoms. The number of carbonyl (C=O) groups excluding carboxylic acids is 2. The molecule has 0 aliphatic carbocycles. The quantitative estimate of drug-likeness (QED) is 0.781. The standard InChI is InChI=1S/C18H16ClNO4/c19-16-9-14(17(22)15(10-16)11-21)7-4-8-20-18(23)24-12-13-5-2-1-3-6-13/h1-7,9-11,22H,8,12H2,(H,20,23). The molecule has 0 saturated heterocycles. The first-order valence-corrected chi connectivity index (χ1v) is 7.56. The third kappa shape index (κ3) is 5.14. The van der Waals surface area contributed by atoms with E-state index in [1.165, 1.54) is 12.1 Å². The Morgan fingerprint density at radius 2 is 1.92 bits per heavy atom. The van der Waals surface area contributed by atoms with Gasteiger partial charge >= 0.3 is 6.09 Å². The Morgan fingerprint density at radius 3 is 2.62 bits per heavy atom. The largest absolute Gasteiger partial charge is 0.507 e. The molecule has 0 unspecified atom stereocenters. The number of benzene rings is 2. The number of phenolic OH excluding ortho intramolecular Hbond substituents is 1. The Kier molecular flexibility index (Phi) is 6.40. The zero-order valence-electron chi connectivity index (χ0n) is 12.7. The summed E-state index contributed by atoms with van der Waals surface area (Å²) in [6.07, 6.45) is 3.15. The molecule has 6 heteroatoms. The molecule has 0 aliphatic heterocycles.